The fourth-order valence-corrected chi connectivity index (χ4v) is 1.50. The van der Waals surface area contributed by atoms with Crippen LogP contribution in [0.1, 0.15) is 15.9 Å². The average Bonchev–Trinajstić information content (AvgIpc) is 2.42. The zero-order valence-electron chi connectivity index (χ0n) is 10.3. The first-order valence-corrected chi connectivity index (χ1v) is 5.70. The highest BCUT2D eigenvalue weighted by atomic mass is 16.4. The minimum Gasteiger partial charge on any atom is -0.508 e. The fraction of sp³-hybridized carbons (Fsp3) is 0. The number of phenols is 2. The molecule has 0 amide bonds. The van der Waals surface area contributed by atoms with Gasteiger partial charge in [-0.15, -0.1) is 0 Å². The Morgan fingerprint density at radius 1 is 1.10 bits per heavy atom. The van der Waals surface area contributed by atoms with Gasteiger partial charge < -0.3 is 15.3 Å². The number of nitrogens with one attached hydrogen (secondary N) is 1. The Bertz CT molecular complexity index is 651. The summed E-state index contributed by atoms with van der Waals surface area (Å²) in [6.45, 7) is 0. The van der Waals surface area contributed by atoms with E-state index in [4.69, 9.17) is 10.2 Å². The van der Waals surface area contributed by atoms with Crippen LogP contribution in [0.5, 0.6) is 11.5 Å². The lowest BCUT2D eigenvalue weighted by Gasteiger charge is -2.02. The van der Waals surface area contributed by atoms with Gasteiger partial charge in [0.2, 0.25) is 0 Å². The van der Waals surface area contributed by atoms with Crippen LogP contribution in [0.3, 0.4) is 0 Å². The molecule has 0 aliphatic carbocycles. The third kappa shape index (κ3) is 3.26. The Kier molecular flexibility index (Phi) is 3.85. The summed E-state index contributed by atoms with van der Waals surface area (Å²) in [7, 11) is 0. The largest absolute Gasteiger partial charge is 0.508 e. The summed E-state index contributed by atoms with van der Waals surface area (Å²) in [6, 6.07) is 10.2. The van der Waals surface area contributed by atoms with E-state index in [0.717, 1.165) is 0 Å². The molecule has 2 rings (SSSR count). The summed E-state index contributed by atoms with van der Waals surface area (Å²) < 4.78 is 0. The van der Waals surface area contributed by atoms with Crippen molar-refractivity contribution in [2.75, 3.05) is 5.43 Å². The number of aromatic carboxylic acids is 1. The topological polar surface area (TPSA) is 102 Å². The van der Waals surface area contributed by atoms with Crippen LogP contribution >= 0.6 is 0 Å². The molecule has 0 aliphatic heterocycles. The summed E-state index contributed by atoms with van der Waals surface area (Å²) in [5.74, 6) is -1.11. The van der Waals surface area contributed by atoms with Gasteiger partial charge in [-0.05, 0) is 36.4 Å². The van der Waals surface area contributed by atoms with E-state index in [-0.39, 0.29) is 17.1 Å². The van der Waals surface area contributed by atoms with Gasteiger partial charge in [0.1, 0.15) is 11.5 Å². The van der Waals surface area contributed by atoms with Crippen molar-refractivity contribution < 1.29 is 20.1 Å². The van der Waals surface area contributed by atoms with E-state index >= 15 is 0 Å². The maximum atomic E-state index is 10.7. The maximum Gasteiger partial charge on any atom is 0.335 e. The molecule has 0 aliphatic rings. The number of hydrazone groups is 1. The van der Waals surface area contributed by atoms with E-state index in [0.29, 0.717) is 11.3 Å². The van der Waals surface area contributed by atoms with Gasteiger partial charge in [-0.25, -0.2) is 4.79 Å². The highest BCUT2D eigenvalue weighted by molar-refractivity contribution is 5.88. The van der Waals surface area contributed by atoms with Crippen LogP contribution in [-0.2, 0) is 0 Å². The second kappa shape index (κ2) is 5.75. The lowest BCUT2D eigenvalue weighted by atomic mass is 10.2. The molecule has 0 saturated heterocycles. The number of nitrogens with zero attached hydrogens (tertiary/aromatic N) is 1. The minimum atomic E-state index is -0.992. The summed E-state index contributed by atoms with van der Waals surface area (Å²) in [6.07, 6.45) is 1.39. The van der Waals surface area contributed by atoms with Gasteiger partial charge in [0.05, 0.1) is 17.5 Å². The van der Waals surface area contributed by atoms with Crippen molar-refractivity contribution in [3.63, 3.8) is 0 Å². The van der Waals surface area contributed by atoms with Crippen LogP contribution in [0, 0.1) is 0 Å². The Hall–Kier alpha value is -3.02. The van der Waals surface area contributed by atoms with Crippen molar-refractivity contribution in [3.05, 3.63) is 53.6 Å². The van der Waals surface area contributed by atoms with Gasteiger partial charge >= 0.3 is 5.97 Å². The zero-order chi connectivity index (χ0) is 14.5. The molecule has 6 nitrogen and oxygen atoms in total. The number of carbonyl (C=O) groups is 1. The number of carboxylic acid groups (broad SMARTS) is 1. The fourth-order valence-electron chi connectivity index (χ4n) is 1.50. The lowest BCUT2D eigenvalue weighted by molar-refractivity contribution is 0.0697. The van der Waals surface area contributed by atoms with Crippen LogP contribution in [0.2, 0.25) is 0 Å². The molecule has 0 bridgehead atoms. The average molecular weight is 272 g/mol. The summed E-state index contributed by atoms with van der Waals surface area (Å²) in [4.78, 5) is 10.7. The molecule has 0 unspecified atom stereocenters. The zero-order valence-corrected chi connectivity index (χ0v) is 10.3. The smallest absolute Gasteiger partial charge is 0.335 e. The first-order chi connectivity index (χ1) is 9.56. The Morgan fingerprint density at radius 3 is 2.40 bits per heavy atom. The SMILES string of the molecule is O=C(O)c1ccc(N/N=C\c2ccc(O)cc2O)cc1. The molecule has 0 heterocycles. The highest BCUT2D eigenvalue weighted by Crippen LogP contribution is 2.20. The van der Waals surface area contributed by atoms with Crippen molar-refractivity contribution in [2.45, 2.75) is 0 Å². The van der Waals surface area contributed by atoms with E-state index < -0.39 is 5.97 Å². The summed E-state index contributed by atoms with van der Waals surface area (Å²) in [5, 5.41) is 31.4. The molecule has 0 fully saturated rings. The van der Waals surface area contributed by atoms with Gasteiger partial charge in [0, 0.05) is 11.6 Å². The molecule has 6 heteroatoms. The van der Waals surface area contributed by atoms with Crippen molar-refractivity contribution in [2.24, 2.45) is 5.10 Å². The predicted octanol–water partition coefficient (Wildman–Crippen LogP) is 2.24. The number of phenolic OH excluding ortho intramolecular Hbond substituents is 2. The molecule has 0 aromatic heterocycles. The number of hydrogen-bond acceptors (Lipinski definition) is 5. The van der Waals surface area contributed by atoms with E-state index in [1.165, 1.54) is 36.5 Å². The molecular weight excluding hydrogens is 260 g/mol. The summed E-state index contributed by atoms with van der Waals surface area (Å²) in [5.41, 5.74) is 3.95. The molecule has 0 spiro atoms. The number of aromatic hydroxyl groups is 2. The van der Waals surface area contributed by atoms with Crippen molar-refractivity contribution in [1.29, 1.82) is 0 Å². The van der Waals surface area contributed by atoms with Crippen LogP contribution in [0.15, 0.2) is 47.6 Å². The van der Waals surface area contributed by atoms with Gasteiger partial charge in [0.15, 0.2) is 0 Å². The molecule has 2 aromatic carbocycles. The van der Waals surface area contributed by atoms with Crippen LogP contribution in [0.4, 0.5) is 5.69 Å². The number of hydrogen-bond donors (Lipinski definition) is 4. The number of rotatable bonds is 4. The van der Waals surface area contributed by atoms with E-state index in [2.05, 4.69) is 10.5 Å². The second-order valence-electron chi connectivity index (χ2n) is 4.00. The Labute approximate surface area is 114 Å². The molecular formula is C14H12N2O4. The molecule has 0 radical (unpaired) electrons. The van der Waals surface area contributed by atoms with E-state index in [1.807, 2.05) is 0 Å². The molecule has 4 N–H and O–H groups in total. The third-order valence-electron chi connectivity index (χ3n) is 2.54. The molecule has 102 valence electrons. The van der Waals surface area contributed by atoms with Crippen molar-refractivity contribution in [1.82, 2.24) is 0 Å². The van der Waals surface area contributed by atoms with Crippen molar-refractivity contribution in [3.8, 4) is 11.5 Å². The molecule has 0 atom stereocenters. The maximum absolute atomic E-state index is 10.7. The molecule has 20 heavy (non-hydrogen) atoms. The molecule has 0 saturated carbocycles. The van der Waals surface area contributed by atoms with Crippen LogP contribution < -0.4 is 5.43 Å². The highest BCUT2D eigenvalue weighted by Gasteiger charge is 2.01. The quantitative estimate of drug-likeness (QED) is 0.505. The monoisotopic (exact) mass is 272 g/mol. The lowest BCUT2D eigenvalue weighted by Crippen LogP contribution is -1.96. The summed E-state index contributed by atoms with van der Waals surface area (Å²) >= 11 is 0. The first kappa shape index (κ1) is 13.4. The minimum absolute atomic E-state index is 0.0307. The Balaban J connectivity index is 2.04. The number of anilines is 1. The van der Waals surface area contributed by atoms with Gasteiger partial charge in [-0.1, -0.05) is 0 Å². The third-order valence-corrected chi connectivity index (χ3v) is 2.54. The van der Waals surface area contributed by atoms with Gasteiger partial charge in [-0.2, -0.15) is 5.10 Å². The van der Waals surface area contributed by atoms with Crippen LogP contribution in [-0.4, -0.2) is 27.5 Å². The van der Waals surface area contributed by atoms with E-state index in [1.54, 1.807) is 12.1 Å². The standard InChI is InChI=1S/C14H12N2O4/c17-12-6-3-10(13(18)7-12)8-15-16-11-4-1-9(2-5-11)14(19)20/h1-8,16-18H,(H,19,20)/b15-8-. The Morgan fingerprint density at radius 2 is 1.80 bits per heavy atom. The molecule has 2 aromatic rings. The first-order valence-electron chi connectivity index (χ1n) is 5.70. The van der Waals surface area contributed by atoms with Gasteiger partial charge in [-0.3, -0.25) is 5.43 Å². The van der Waals surface area contributed by atoms with Crippen LogP contribution in [0.25, 0.3) is 0 Å². The van der Waals surface area contributed by atoms with E-state index in [9.17, 15) is 9.90 Å². The van der Waals surface area contributed by atoms with Gasteiger partial charge in [0.25, 0.3) is 0 Å². The number of benzene rings is 2. The number of carboxylic acids is 1. The second-order valence-corrected chi connectivity index (χ2v) is 4.00. The normalized spacial score (nSPS) is 10.6. The van der Waals surface area contributed by atoms with Crippen molar-refractivity contribution >= 4 is 17.9 Å². The predicted molar refractivity (Wildman–Crippen MR) is 74.4 cm³/mol.